The number of aliphatic hydroxyl groups is 2. The van der Waals surface area contributed by atoms with Crippen LogP contribution >= 0.6 is 0 Å². The van der Waals surface area contributed by atoms with Crippen LogP contribution in [0.2, 0.25) is 0 Å². The molecule has 5 heteroatoms. The first-order chi connectivity index (χ1) is 9.63. The minimum Gasteiger partial charge on any atom is -0.396 e. The van der Waals surface area contributed by atoms with Crippen LogP contribution in [-0.2, 0) is 6.54 Å². The van der Waals surface area contributed by atoms with E-state index in [1.54, 1.807) is 0 Å². The summed E-state index contributed by atoms with van der Waals surface area (Å²) < 4.78 is 0. The van der Waals surface area contributed by atoms with E-state index in [0.29, 0.717) is 12.2 Å². The van der Waals surface area contributed by atoms with Crippen molar-refractivity contribution in [3.63, 3.8) is 0 Å². The van der Waals surface area contributed by atoms with E-state index in [1.807, 2.05) is 12.3 Å². The Morgan fingerprint density at radius 3 is 2.95 bits per heavy atom. The van der Waals surface area contributed by atoms with Crippen molar-refractivity contribution in [1.29, 1.82) is 5.26 Å². The number of piperidine rings is 1. The molecule has 1 aliphatic rings. The van der Waals surface area contributed by atoms with Crippen molar-refractivity contribution in [2.45, 2.75) is 38.8 Å². The lowest BCUT2D eigenvalue weighted by Crippen LogP contribution is -2.52. The molecule has 2 heterocycles. The Labute approximate surface area is 119 Å². The molecule has 3 N–H and O–H groups in total. The molecule has 0 spiro atoms. The second kappa shape index (κ2) is 6.40. The Bertz CT molecular complexity index is 480. The predicted molar refractivity (Wildman–Crippen MR) is 75.8 cm³/mol. The first-order valence-electron chi connectivity index (χ1n) is 7.22. The van der Waals surface area contributed by atoms with Crippen LogP contribution in [0.25, 0.3) is 0 Å². The number of hydrogen-bond donors (Lipinski definition) is 3. The van der Waals surface area contributed by atoms with Gasteiger partial charge in [-0.1, -0.05) is 13.3 Å². The fourth-order valence-electron chi connectivity index (χ4n) is 3.13. The fourth-order valence-corrected chi connectivity index (χ4v) is 3.13. The van der Waals surface area contributed by atoms with Gasteiger partial charge in [0.25, 0.3) is 0 Å². The number of likely N-dealkylation sites (tertiary alicyclic amines) is 1. The van der Waals surface area contributed by atoms with Crippen LogP contribution in [0, 0.1) is 16.7 Å². The Balaban J connectivity index is 1.96. The summed E-state index contributed by atoms with van der Waals surface area (Å²) in [5, 5.41) is 28.8. The topological polar surface area (TPSA) is 83.3 Å². The predicted octanol–water partition coefficient (Wildman–Crippen LogP) is 1.23. The summed E-state index contributed by atoms with van der Waals surface area (Å²) in [6.07, 6.45) is 4.00. The van der Waals surface area contributed by atoms with Gasteiger partial charge in [0.1, 0.15) is 11.8 Å². The number of hydrogen-bond acceptors (Lipinski definition) is 4. The third-order valence-corrected chi connectivity index (χ3v) is 4.40. The zero-order chi connectivity index (χ0) is 14.6. The number of nitriles is 1. The van der Waals surface area contributed by atoms with Crippen LogP contribution in [0.5, 0.6) is 0 Å². The van der Waals surface area contributed by atoms with Gasteiger partial charge in [-0.05, 0) is 31.0 Å². The van der Waals surface area contributed by atoms with Gasteiger partial charge < -0.3 is 15.2 Å². The number of nitrogens with zero attached hydrogens (tertiary/aromatic N) is 2. The summed E-state index contributed by atoms with van der Waals surface area (Å²) >= 11 is 0. The SMILES string of the molecule is CCC[C@]1(CO)CCN(Cc2c[nH]c(C#N)c2)C[C@@H]1O. The molecule has 5 nitrogen and oxygen atoms in total. The van der Waals surface area contributed by atoms with Gasteiger partial charge in [0.2, 0.25) is 0 Å². The van der Waals surface area contributed by atoms with Crippen LogP contribution < -0.4 is 0 Å². The van der Waals surface area contributed by atoms with Gasteiger partial charge >= 0.3 is 0 Å². The van der Waals surface area contributed by atoms with Crippen molar-refractivity contribution in [3.05, 3.63) is 23.5 Å². The number of aromatic amines is 1. The summed E-state index contributed by atoms with van der Waals surface area (Å²) in [6.45, 7) is 4.31. The number of aromatic nitrogens is 1. The van der Waals surface area contributed by atoms with E-state index >= 15 is 0 Å². The summed E-state index contributed by atoms with van der Waals surface area (Å²) in [7, 11) is 0. The van der Waals surface area contributed by atoms with E-state index in [1.165, 1.54) is 0 Å². The summed E-state index contributed by atoms with van der Waals surface area (Å²) in [6, 6.07) is 3.92. The molecule has 0 unspecified atom stereocenters. The second-order valence-electron chi connectivity index (χ2n) is 5.80. The first-order valence-corrected chi connectivity index (χ1v) is 7.22. The minimum absolute atomic E-state index is 0.0541. The van der Waals surface area contributed by atoms with Crippen LogP contribution in [0.15, 0.2) is 12.3 Å². The van der Waals surface area contributed by atoms with Crippen LogP contribution in [0.1, 0.15) is 37.4 Å². The second-order valence-corrected chi connectivity index (χ2v) is 5.80. The molecule has 2 rings (SSSR count). The Morgan fingerprint density at radius 2 is 2.40 bits per heavy atom. The summed E-state index contributed by atoms with van der Waals surface area (Å²) in [4.78, 5) is 5.09. The highest BCUT2D eigenvalue weighted by Gasteiger charge is 2.40. The molecule has 1 aliphatic heterocycles. The quantitative estimate of drug-likeness (QED) is 0.756. The Hall–Kier alpha value is -1.35. The van der Waals surface area contributed by atoms with E-state index < -0.39 is 6.10 Å². The molecule has 1 fully saturated rings. The van der Waals surface area contributed by atoms with Crippen LogP contribution in [-0.4, -0.2) is 45.9 Å². The molecule has 0 radical (unpaired) electrons. The lowest BCUT2D eigenvalue weighted by molar-refractivity contribution is -0.0802. The molecule has 20 heavy (non-hydrogen) atoms. The highest BCUT2D eigenvalue weighted by molar-refractivity contribution is 5.26. The molecule has 0 aliphatic carbocycles. The third kappa shape index (κ3) is 3.04. The molecular weight excluding hydrogens is 254 g/mol. The highest BCUT2D eigenvalue weighted by atomic mass is 16.3. The number of nitrogens with one attached hydrogen (secondary N) is 1. The largest absolute Gasteiger partial charge is 0.396 e. The van der Waals surface area contributed by atoms with E-state index in [0.717, 1.165) is 37.9 Å². The van der Waals surface area contributed by atoms with Gasteiger partial charge in [-0.15, -0.1) is 0 Å². The van der Waals surface area contributed by atoms with E-state index in [-0.39, 0.29) is 12.0 Å². The van der Waals surface area contributed by atoms with Crippen molar-refractivity contribution in [3.8, 4) is 6.07 Å². The van der Waals surface area contributed by atoms with E-state index in [2.05, 4.69) is 22.9 Å². The van der Waals surface area contributed by atoms with Gasteiger partial charge in [-0.25, -0.2) is 0 Å². The van der Waals surface area contributed by atoms with Gasteiger partial charge in [0.15, 0.2) is 0 Å². The third-order valence-electron chi connectivity index (χ3n) is 4.40. The molecule has 1 saturated heterocycles. The van der Waals surface area contributed by atoms with E-state index in [4.69, 9.17) is 5.26 Å². The van der Waals surface area contributed by atoms with Crippen molar-refractivity contribution in [1.82, 2.24) is 9.88 Å². The number of rotatable bonds is 5. The normalized spacial score (nSPS) is 27.4. The number of H-pyrrole nitrogens is 1. The number of aliphatic hydroxyl groups excluding tert-OH is 2. The van der Waals surface area contributed by atoms with Gasteiger partial charge in [-0.2, -0.15) is 5.26 Å². The average Bonchev–Trinajstić information content (AvgIpc) is 2.90. The van der Waals surface area contributed by atoms with Gasteiger partial charge in [0, 0.05) is 24.7 Å². The zero-order valence-corrected chi connectivity index (χ0v) is 12.0. The highest BCUT2D eigenvalue weighted by Crippen LogP contribution is 2.36. The van der Waals surface area contributed by atoms with Crippen molar-refractivity contribution in [2.75, 3.05) is 19.7 Å². The van der Waals surface area contributed by atoms with Crippen LogP contribution in [0.4, 0.5) is 0 Å². The smallest absolute Gasteiger partial charge is 0.117 e. The number of β-amino-alcohol motifs (C(OH)–C–C–N with tert-alkyl or cyclic N) is 1. The molecule has 110 valence electrons. The standard InChI is InChI=1S/C15H23N3O2/c1-2-3-15(11-19)4-5-18(10-14(15)20)9-12-6-13(7-16)17-8-12/h6,8,14,17,19-20H,2-5,9-11H2,1H3/t14-,15+/m0/s1. The Kier molecular flexibility index (Phi) is 4.81. The first kappa shape index (κ1) is 15.0. The fraction of sp³-hybridized carbons (Fsp3) is 0.667. The molecule has 2 atom stereocenters. The summed E-state index contributed by atoms with van der Waals surface area (Å²) in [5.41, 5.74) is 1.29. The molecule has 1 aromatic rings. The summed E-state index contributed by atoms with van der Waals surface area (Å²) in [5.74, 6) is 0. The molecule has 1 aromatic heterocycles. The average molecular weight is 277 g/mol. The molecule has 0 amide bonds. The molecular formula is C15H23N3O2. The molecule has 0 saturated carbocycles. The van der Waals surface area contributed by atoms with E-state index in [9.17, 15) is 10.2 Å². The zero-order valence-electron chi connectivity index (χ0n) is 12.0. The maximum Gasteiger partial charge on any atom is 0.117 e. The lowest BCUT2D eigenvalue weighted by atomic mass is 9.73. The lowest BCUT2D eigenvalue weighted by Gasteiger charge is -2.44. The van der Waals surface area contributed by atoms with Gasteiger partial charge in [-0.3, -0.25) is 4.90 Å². The van der Waals surface area contributed by atoms with Crippen molar-refractivity contribution < 1.29 is 10.2 Å². The maximum absolute atomic E-state index is 10.4. The maximum atomic E-state index is 10.4. The monoisotopic (exact) mass is 277 g/mol. The molecule has 0 bridgehead atoms. The van der Waals surface area contributed by atoms with Gasteiger partial charge in [0.05, 0.1) is 12.7 Å². The Morgan fingerprint density at radius 1 is 1.60 bits per heavy atom. The van der Waals surface area contributed by atoms with Crippen molar-refractivity contribution >= 4 is 0 Å². The minimum atomic E-state index is -0.490. The van der Waals surface area contributed by atoms with Crippen LogP contribution in [0.3, 0.4) is 0 Å². The van der Waals surface area contributed by atoms with Crippen molar-refractivity contribution in [2.24, 2.45) is 5.41 Å². The molecule has 0 aromatic carbocycles.